The lowest BCUT2D eigenvalue weighted by atomic mass is 10.0. The molecule has 0 spiro atoms. The minimum absolute atomic E-state index is 0.0514. The molecule has 0 aromatic heterocycles. The van der Waals surface area contributed by atoms with Crippen molar-refractivity contribution in [3.05, 3.63) is 28.8 Å². The van der Waals surface area contributed by atoms with E-state index in [4.69, 9.17) is 16.7 Å². The first kappa shape index (κ1) is 15.8. The molecule has 0 bridgehead atoms. The van der Waals surface area contributed by atoms with Crippen molar-refractivity contribution < 1.29 is 9.90 Å². The standard InChI is InChI=1S/C14H21ClN2O2/c1-9(2)12(6-7-18)16-14(19)17-13-8-11(15)5-4-10(13)3/h4-5,8-9,12,18H,6-7H2,1-3H3,(H2,16,17,19). The number of carbonyl (C=O) groups excluding carboxylic acids is 1. The van der Waals surface area contributed by atoms with Crippen LogP contribution in [0.2, 0.25) is 5.02 Å². The summed E-state index contributed by atoms with van der Waals surface area (Å²) in [7, 11) is 0. The highest BCUT2D eigenvalue weighted by atomic mass is 35.5. The van der Waals surface area contributed by atoms with Gasteiger partial charge in [0.15, 0.2) is 0 Å². The molecule has 0 fully saturated rings. The van der Waals surface area contributed by atoms with Crippen molar-refractivity contribution in [2.24, 2.45) is 5.92 Å². The first-order valence-electron chi connectivity index (χ1n) is 6.38. The zero-order valence-electron chi connectivity index (χ0n) is 11.5. The Kier molecular flexibility index (Phi) is 6.12. The molecule has 1 unspecified atom stereocenters. The van der Waals surface area contributed by atoms with Crippen LogP contribution >= 0.6 is 11.6 Å². The largest absolute Gasteiger partial charge is 0.396 e. The summed E-state index contributed by atoms with van der Waals surface area (Å²) in [6, 6.07) is 5.02. The van der Waals surface area contributed by atoms with Gasteiger partial charge in [-0.15, -0.1) is 0 Å². The van der Waals surface area contributed by atoms with Gasteiger partial charge in [0.25, 0.3) is 0 Å². The van der Waals surface area contributed by atoms with E-state index < -0.39 is 0 Å². The Hall–Kier alpha value is -1.26. The van der Waals surface area contributed by atoms with E-state index in [2.05, 4.69) is 10.6 Å². The molecule has 1 aromatic carbocycles. The molecular formula is C14H21ClN2O2. The highest BCUT2D eigenvalue weighted by Crippen LogP contribution is 2.20. The highest BCUT2D eigenvalue weighted by Gasteiger charge is 2.15. The van der Waals surface area contributed by atoms with Gasteiger partial charge in [-0.3, -0.25) is 0 Å². The summed E-state index contributed by atoms with van der Waals surface area (Å²) in [5.41, 5.74) is 1.64. The van der Waals surface area contributed by atoms with Gasteiger partial charge in [-0.25, -0.2) is 4.79 Å². The third kappa shape index (κ3) is 5.09. The van der Waals surface area contributed by atoms with Gasteiger partial charge >= 0.3 is 6.03 Å². The van der Waals surface area contributed by atoms with Gasteiger partial charge in [-0.2, -0.15) is 0 Å². The average Bonchev–Trinajstić information content (AvgIpc) is 2.33. The fourth-order valence-corrected chi connectivity index (χ4v) is 1.94. The number of urea groups is 1. The fourth-order valence-electron chi connectivity index (χ4n) is 1.77. The van der Waals surface area contributed by atoms with E-state index in [1.165, 1.54) is 0 Å². The van der Waals surface area contributed by atoms with E-state index in [1.807, 2.05) is 26.8 Å². The third-order valence-electron chi connectivity index (χ3n) is 3.01. The lowest BCUT2D eigenvalue weighted by Gasteiger charge is -2.22. The van der Waals surface area contributed by atoms with Crippen LogP contribution < -0.4 is 10.6 Å². The number of hydrogen-bond donors (Lipinski definition) is 3. The van der Waals surface area contributed by atoms with Crippen LogP contribution in [0.15, 0.2) is 18.2 Å². The zero-order valence-corrected chi connectivity index (χ0v) is 12.3. The Morgan fingerprint density at radius 1 is 1.42 bits per heavy atom. The Balaban J connectivity index is 2.66. The van der Waals surface area contributed by atoms with Crippen molar-refractivity contribution in [1.82, 2.24) is 5.32 Å². The molecule has 4 nitrogen and oxygen atoms in total. The number of carbonyl (C=O) groups is 1. The predicted molar refractivity (Wildman–Crippen MR) is 78.7 cm³/mol. The number of nitrogens with one attached hydrogen (secondary N) is 2. The Morgan fingerprint density at radius 2 is 2.11 bits per heavy atom. The number of halogens is 1. The summed E-state index contributed by atoms with van der Waals surface area (Å²) in [4.78, 5) is 11.9. The molecular weight excluding hydrogens is 264 g/mol. The predicted octanol–water partition coefficient (Wildman–Crippen LogP) is 3.18. The quantitative estimate of drug-likeness (QED) is 0.778. The fraction of sp³-hybridized carbons (Fsp3) is 0.500. The lowest BCUT2D eigenvalue weighted by Crippen LogP contribution is -2.41. The maximum Gasteiger partial charge on any atom is 0.319 e. The number of aliphatic hydroxyl groups excluding tert-OH is 1. The summed E-state index contributed by atoms with van der Waals surface area (Å²) >= 11 is 5.90. The molecule has 0 aliphatic rings. The number of aryl methyl sites for hydroxylation is 1. The second-order valence-corrected chi connectivity index (χ2v) is 5.36. The van der Waals surface area contributed by atoms with Crippen LogP contribution in [0.1, 0.15) is 25.8 Å². The van der Waals surface area contributed by atoms with E-state index in [-0.39, 0.29) is 24.6 Å². The topological polar surface area (TPSA) is 61.4 Å². The molecule has 0 aliphatic heterocycles. The van der Waals surface area contributed by atoms with E-state index in [9.17, 15) is 4.79 Å². The van der Waals surface area contributed by atoms with Crippen molar-refractivity contribution in [2.75, 3.05) is 11.9 Å². The Labute approximate surface area is 119 Å². The maximum absolute atomic E-state index is 11.9. The van der Waals surface area contributed by atoms with Crippen LogP contribution in [-0.2, 0) is 0 Å². The second-order valence-electron chi connectivity index (χ2n) is 4.92. The summed E-state index contributed by atoms with van der Waals surface area (Å²) in [6.45, 7) is 5.97. The molecule has 5 heteroatoms. The van der Waals surface area contributed by atoms with Gasteiger partial charge in [-0.1, -0.05) is 31.5 Å². The SMILES string of the molecule is Cc1ccc(Cl)cc1NC(=O)NC(CCO)C(C)C. The van der Waals surface area contributed by atoms with Crippen molar-refractivity contribution in [3.63, 3.8) is 0 Å². The maximum atomic E-state index is 11.9. The van der Waals surface area contributed by atoms with Gasteiger partial charge < -0.3 is 15.7 Å². The van der Waals surface area contributed by atoms with Crippen molar-refractivity contribution in [3.8, 4) is 0 Å². The summed E-state index contributed by atoms with van der Waals surface area (Å²) in [6.07, 6.45) is 0.541. The van der Waals surface area contributed by atoms with Gasteiger partial charge in [0, 0.05) is 23.4 Å². The molecule has 0 radical (unpaired) electrons. The molecule has 0 aliphatic carbocycles. The summed E-state index contributed by atoms with van der Waals surface area (Å²) < 4.78 is 0. The molecule has 106 valence electrons. The molecule has 1 atom stereocenters. The monoisotopic (exact) mass is 284 g/mol. The third-order valence-corrected chi connectivity index (χ3v) is 3.24. The van der Waals surface area contributed by atoms with Crippen molar-refractivity contribution in [1.29, 1.82) is 0 Å². The van der Waals surface area contributed by atoms with E-state index >= 15 is 0 Å². The van der Waals surface area contributed by atoms with Gasteiger partial charge in [0.1, 0.15) is 0 Å². The second kappa shape index (κ2) is 7.36. The van der Waals surface area contributed by atoms with E-state index in [1.54, 1.807) is 12.1 Å². The molecule has 1 rings (SSSR count). The Morgan fingerprint density at radius 3 is 2.68 bits per heavy atom. The smallest absolute Gasteiger partial charge is 0.319 e. The first-order chi connectivity index (χ1) is 8.93. The summed E-state index contributed by atoms with van der Waals surface area (Å²) in [5, 5.41) is 15.2. The van der Waals surface area contributed by atoms with Gasteiger partial charge in [0.2, 0.25) is 0 Å². The zero-order chi connectivity index (χ0) is 14.4. The van der Waals surface area contributed by atoms with E-state index in [0.29, 0.717) is 17.1 Å². The number of anilines is 1. The molecule has 2 amide bonds. The number of benzene rings is 1. The lowest BCUT2D eigenvalue weighted by molar-refractivity contribution is 0.227. The molecule has 0 heterocycles. The van der Waals surface area contributed by atoms with Gasteiger partial charge in [-0.05, 0) is 37.0 Å². The number of amides is 2. The minimum Gasteiger partial charge on any atom is -0.396 e. The Bertz CT molecular complexity index is 435. The molecule has 19 heavy (non-hydrogen) atoms. The van der Waals surface area contributed by atoms with Crippen LogP contribution in [0, 0.1) is 12.8 Å². The first-order valence-corrected chi connectivity index (χ1v) is 6.76. The molecule has 1 aromatic rings. The minimum atomic E-state index is -0.280. The number of rotatable bonds is 5. The molecule has 0 saturated carbocycles. The van der Waals surface area contributed by atoms with E-state index in [0.717, 1.165) is 5.56 Å². The van der Waals surface area contributed by atoms with Crippen molar-refractivity contribution >= 4 is 23.3 Å². The average molecular weight is 285 g/mol. The van der Waals surface area contributed by atoms with Crippen LogP contribution in [-0.4, -0.2) is 23.8 Å². The number of aliphatic hydroxyl groups is 1. The van der Waals surface area contributed by atoms with Gasteiger partial charge in [0.05, 0.1) is 0 Å². The number of hydrogen-bond acceptors (Lipinski definition) is 2. The van der Waals surface area contributed by atoms with Crippen LogP contribution in [0.3, 0.4) is 0 Å². The normalized spacial score (nSPS) is 12.3. The van der Waals surface area contributed by atoms with Crippen LogP contribution in [0.5, 0.6) is 0 Å². The highest BCUT2D eigenvalue weighted by molar-refractivity contribution is 6.31. The van der Waals surface area contributed by atoms with Crippen LogP contribution in [0.4, 0.5) is 10.5 Å². The molecule has 0 saturated heterocycles. The van der Waals surface area contributed by atoms with Crippen molar-refractivity contribution in [2.45, 2.75) is 33.2 Å². The molecule has 3 N–H and O–H groups in total. The van der Waals surface area contributed by atoms with Crippen LogP contribution in [0.25, 0.3) is 0 Å². The summed E-state index contributed by atoms with van der Waals surface area (Å²) in [5.74, 6) is 0.262.